The normalized spacial score (nSPS) is 10.7. The highest BCUT2D eigenvalue weighted by molar-refractivity contribution is 5.94. The summed E-state index contributed by atoms with van der Waals surface area (Å²) in [6.45, 7) is 3.89. The van der Waals surface area contributed by atoms with Crippen LogP contribution in [0.15, 0.2) is 12.3 Å². The third-order valence-electron chi connectivity index (χ3n) is 3.18. The number of aromatic nitrogens is 3. The minimum Gasteiger partial charge on any atom is -0.348 e. The lowest BCUT2D eigenvalue weighted by Crippen LogP contribution is -2.25. The van der Waals surface area contributed by atoms with Crippen LogP contribution in [0.4, 0.5) is 8.78 Å². The number of amides is 1. The maximum Gasteiger partial charge on any atom is 0.254 e. The van der Waals surface area contributed by atoms with Gasteiger partial charge in [-0.1, -0.05) is 0 Å². The van der Waals surface area contributed by atoms with Crippen molar-refractivity contribution in [3.63, 3.8) is 0 Å². The Kier molecular flexibility index (Phi) is 3.78. The van der Waals surface area contributed by atoms with Crippen molar-refractivity contribution in [3.05, 3.63) is 46.5 Å². The molecule has 20 heavy (non-hydrogen) atoms. The van der Waals surface area contributed by atoms with E-state index in [1.807, 2.05) is 13.8 Å². The number of hydrogen-bond donors (Lipinski definition) is 1. The van der Waals surface area contributed by atoms with Crippen LogP contribution in [0.1, 0.15) is 27.3 Å². The van der Waals surface area contributed by atoms with Crippen molar-refractivity contribution in [1.29, 1.82) is 0 Å². The molecule has 0 spiro atoms. The number of nitrogens with zero attached hydrogens (tertiary/aromatic N) is 3. The van der Waals surface area contributed by atoms with E-state index in [-0.39, 0.29) is 12.1 Å². The molecule has 0 aliphatic carbocycles. The number of carbonyl (C=O) groups is 1. The summed E-state index contributed by atoms with van der Waals surface area (Å²) in [7, 11) is 1.80. The molecule has 2 aromatic heterocycles. The molecule has 1 N–H and O–H groups in total. The van der Waals surface area contributed by atoms with E-state index in [1.165, 1.54) is 0 Å². The van der Waals surface area contributed by atoms with E-state index in [1.54, 1.807) is 11.7 Å². The van der Waals surface area contributed by atoms with E-state index in [0.717, 1.165) is 29.2 Å². The van der Waals surface area contributed by atoms with Crippen molar-refractivity contribution >= 4 is 5.91 Å². The lowest BCUT2D eigenvalue weighted by Gasteiger charge is -2.06. The second-order valence-corrected chi connectivity index (χ2v) is 4.42. The fraction of sp³-hybridized carbons (Fsp3) is 0.308. The summed E-state index contributed by atoms with van der Waals surface area (Å²) in [6.07, 6.45) is 1.05. The first-order valence-corrected chi connectivity index (χ1v) is 5.99. The number of pyridine rings is 1. The van der Waals surface area contributed by atoms with Gasteiger partial charge in [-0.2, -0.15) is 9.49 Å². The summed E-state index contributed by atoms with van der Waals surface area (Å²) >= 11 is 0. The van der Waals surface area contributed by atoms with Crippen LogP contribution in [-0.2, 0) is 13.6 Å². The van der Waals surface area contributed by atoms with E-state index in [0.29, 0.717) is 0 Å². The van der Waals surface area contributed by atoms with Crippen molar-refractivity contribution in [2.75, 3.05) is 0 Å². The monoisotopic (exact) mass is 280 g/mol. The van der Waals surface area contributed by atoms with Crippen LogP contribution in [-0.4, -0.2) is 20.7 Å². The summed E-state index contributed by atoms with van der Waals surface area (Å²) < 4.78 is 28.1. The Morgan fingerprint density at radius 3 is 2.70 bits per heavy atom. The van der Waals surface area contributed by atoms with Crippen LogP contribution >= 0.6 is 0 Å². The predicted octanol–water partition coefficient (Wildman–Crippen LogP) is 1.64. The summed E-state index contributed by atoms with van der Waals surface area (Å²) in [5, 5.41) is 6.77. The lowest BCUT2D eigenvalue weighted by molar-refractivity contribution is 0.0945. The van der Waals surface area contributed by atoms with Crippen LogP contribution in [0.25, 0.3) is 0 Å². The van der Waals surface area contributed by atoms with Gasteiger partial charge in [0.25, 0.3) is 5.91 Å². The predicted molar refractivity (Wildman–Crippen MR) is 68.0 cm³/mol. The van der Waals surface area contributed by atoms with Gasteiger partial charge >= 0.3 is 0 Å². The molecule has 0 aliphatic heterocycles. The molecule has 0 saturated carbocycles. The first-order valence-electron chi connectivity index (χ1n) is 5.99. The van der Waals surface area contributed by atoms with E-state index in [9.17, 15) is 13.6 Å². The van der Waals surface area contributed by atoms with E-state index >= 15 is 0 Å². The zero-order chi connectivity index (χ0) is 14.9. The van der Waals surface area contributed by atoms with Gasteiger partial charge in [-0.15, -0.1) is 0 Å². The van der Waals surface area contributed by atoms with Gasteiger partial charge < -0.3 is 5.32 Å². The first kappa shape index (κ1) is 14.1. The van der Waals surface area contributed by atoms with Crippen molar-refractivity contribution in [3.8, 4) is 0 Å². The van der Waals surface area contributed by atoms with Crippen LogP contribution in [0.2, 0.25) is 0 Å². The van der Waals surface area contributed by atoms with E-state index in [2.05, 4.69) is 15.4 Å². The van der Waals surface area contributed by atoms with E-state index in [4.69, 9.17) is 0 Å². The molecule has 7 heteroatoms. The molecule has 0 bridgehead atoms. The Hall–Kier alpha value is -2.31. The number of aryl methyl sites for hydroxylation is 2. The zero-order valence-electron chi connectivity index (χ0n) is 11.4. The highest BCUT2D eigenvalue weighted by Gasteiger charge is 2.17. The Labute approximate surface area is 114 Å². The lowest BCUT2D eigenvalue weighted by atomic mass is 10.2. The molecule has 0 aliphatic rings. The van der Waals surface area contributed by atoms with Gasteiger partial charge in [0.05, 0.1) is 11.3 Å². The Bertz CT molecular complexity index is 667. The third-order valence-corrected chi connectivity index (χ3v) is 3.18. The van der Waals surface area contributed by atoms with Gasteiger partial charge in [0.2, 0.25) is 5.95 Å². The van der Waals surface area contributed by atoms with E-state index < -0.39 is 17.7 Å². The topological polar surface area (TPSA) is 59.8 Å². The minimum absolute atomic E-state index is 0.202. The molecule has 5 nitrogen and oxygen atoms in total. The molecule has 2 heterocycles. The fourth-order valence-electron chi connectivity index (χ4n) is 1.93. The van der Waals surface area contributed by atoms with Crippen molar-refractivity contribution in [2.45, 2.75) is 20.4 Å². The SMILES string of the molecule is Cc1nn(C)c(C)c1CNC(=O)c1ccnc(F)c1F. The van der Waals surface area contributed by atoms with Gasteiger partial charge in [0, 0.05) is 31.0 Å². The molecule has 1 amide bonds. The van der Waals surface area contributed by atoms with Crippen molar-refractivity contribution in [2.24, 2.45) is 7.05 Å². The summed E-state index contributed by atoms with van der Waals surface area (Å²) in [6, 6.07) is 1.14. The molecule has 0 saturated heterocycles. The van der Waals surface area contributed by atoms with Crippen LogP contribution in [0.3, 0.4) is 0 Å². The minimum atomic E-state index is -1.29. The number of nitrogens with one attached hydrogen (secondary N) is 1. The Balaban J connectivity index is 2.15. The Morgan fingerprint density at radius 1 is 1.40 bits per heavy atom. The van der Waals surface area contributed by atoms with Gasteiger partial charge in [-0.3, -0.25) is 9.48 Å². The molecule has 0 radical (unpaired) electrons. The van der Waals surface area contributed by atoms with Gasteiger partial charge in [-0.25, -0.2) is 9.37 Å². The molecule has 0 aromatic carbocycles. The quantitative estimate of drug-likeness (QED) is 0.869. The Morgan fingerprint density at radius 2 is 2.10 bits per heavy atom. The third kappa shape index (κ3) is 2.52. The molecule has 2 rings (SSSR count). The molecule has 0 unspecified atom stereocenters. The molecule has 0 atom stereocenters. The van der Waals surface area contributed by atoms with Gasteiger partial charge in [-0.05, 0) is 19.9 Å². The van der Waals surface area contributed by atoms with Gasteiger partial charge in [0.15, 0.2) is 5.82 Å². The second kappa shape index (κ2) is 5.36. The standard InChI is InChI=1S/C13H14F2N4O/c1-7-10(8(2)19(3)18-7)6-17-13(20)9-4-5-16-12(15)11(9)14/h4-5H,6H2,1-3H3,(H,17,20). The molecular weight excluding hydrogens is 266 g/mol. The average molecular weight is 280 g/mol. The molecular formula is C13H14F2N4O. The molecule has 0 fully saturated rings. The van der Waals surface area contributed by atoms with Crippen LogP contribution < -0.4 is 5.32 Å². The molecule has 106 valence electrons. The maximum absolute atomic E-state index is 13.4. The van der Waals surface area contributed by atoms with Crippen molar-refractivity contribution < 1.29 is 13.6 Å². The highest BCUT2D eigenvalue weighted by Crippen LogP contribution is 2.13. The highest BCUT2D eigenvalue weighted by atomic mass is 19.2. The van der Waals surface area contributed by atoms with Crippen LogP contribution in [0, 0.1) is 25.6 Å². The molecule has 2 aromatic rings. The second-order valence-electron chi connectivity index (χ2n) is 4.42. The average Bonchev–Trinajstić information content (AvgIpc) is 2.64. The summed E-state index contributed by atoms with van der Waals surface area (Å²) in [5.74, 6) is -3.22. The van der Waals surface area contributed by atoms with Crippen molar-refractivity contribution in [1.82, 2.24) is 20.1 Å². The van der Waals surface area contributed by atoms with Crippen LogP contribution in [0.5, 0.6) is 0 Å². The number of carbonyl (C=O) groups excluding carboxylic acids is 1. The smallest absolute Gasteiger partial charge is 0.254 e. The maximum atomic E-state index is 13.4. The van der Waals surface area contributed by atoms with Gasteiger partial charge in [0.1, 0.15) is 0 Å². The number of hydrogen-bond acceptors (Lipinski definition) is 3. The first-order chi connectivity index (χ1) is 9.41. The number of halogens is 2. The zero-order valence-corrected chi connectivity index (χ0v) is 11.4. The summed E-state index contributed by atoms with van der Waals surface area (Å²) in [4.78, 5) is 15.0. The fourth-order valence-corrected chi connectivity index (χ4v) is 1.93. The number of rotatable bonds is 3. The summed E-state index contributed by atoms with van der Waals surface area (Å²) in [5.41, 5.74) is 2.18. The largest absolute Gasteiger partial charge is 0.348 e.